The van der Waals surface area contributed by atoms with Gasteiger partial charge in [-0.3, -0.25) is 4.98 Å². The SMILES string of the molecule is C#CCNCCCNS(=O)(=O)c1cccc2cccnc12. The van der Waals surface area contributed by atoms with E-state index in [9.17, 15) is 8.42 Å². The molecule has 0 amide bonds. The number of nitrogens with zero attached hydrogens (tertiary/aromatic N) is 1. The highest BCUT2D eigenvalue weighted by molar-refractivity contribution is 7.89. The molecule has 0 aliphatic heterocycles. The number of sulfonamides is 1. The normalized spacial score (nSPS) is 11.4. The first kappa shape index (κ1) is 15.4. The second-order valence-electron chi connectivity index (χ2n) is 4.46. The lowest BCUT2D eigenvalue weighted by Gasteiger charge is -2.09. The van der Waals surface area contributed by atoms with E-state index in [0.717, 1.165) is 5.39 Å². The molecule has 0 saturated carbocycles. The second-order valence-corrected chi connectivity index (χ2v) is 6.20. The Morgan fingerprint density at radius 2 is 2.00 bits per heavy atom. The lowest BCUT2D eigenvalue weighted by molar-refractivity contribution is 0.577. The van der Waals surface area contributed by atoms with Gasteiger partial charge < -0.3 is 5.32 Å². The molecule has 21 heavy (non-hydrogen) atoms. The minimum Gasteiger partial charge on any atom is -0.306 e. The van der Waals surface area contributed by atoms with Crippen molar-refractivity contribution in [2.45, 2.75) is 11.3 Å². The van der Waals surface area contributed by atoms with Crippen molar-refractivity contribution in [3.05, 3.63) is 36.5 Å². The maximum atomic E-state index is 12.3. The zero-order chi connectivity index (χ0) is 15.1. The predicted octanol–water partition coefficient (Wildman–Crippen LogP) is 1.13. The van der Waals surface area contributed by atoms with E-state index in [1.807, 2.05) is 12.1 Å². The van der Waals surface area contributed by atoms with Crippen LogP contribution in [-0.2, 0) is 10.0 Å². The van der Waals surface area contributed by atoms with E-state index in [4.69, 9.17) is 6.42 Å². The van der Waals surface area contributed by atoms with Crippen LogP contribution in [0.25, 0.3) is 10.9 Å². The highest BCUT2D eigenvalue weighted by atomic mass is 32.2. The molecule has 0 atom stereocenters. The number of terminal acetylenes is 1. The van der Waals surface area contributed by atoms with Crippen molar-refractivity contribution < 1.29 is 8.42 Å². The quantitative estimate of drug-likeness (QED) is 0.594. The molecule has 110 valence electrons. The number of hydrogen-bond donors (Lipinski definition) is 2. The van der Waals surface area contributed by atoms with Gasteiger partial charge in [-0.25, -0.2) is 13.1 Å². The smallest absolute Gasteiger partial charge is 0.242 e. The zero-order valence-electron chi connectivity index (χ0n) is 11.5. The van der Waals surface area contributed by atoms with Crippen LogP contribution in [0.5, 0.6) is 0 Å². The van der Waals surface area contributed by atoms with Crippen molar-refractivity contribution in [2.24, 2.45) is 0 Å². The molecule has 6 heteroatoms. The fourth-order valence-corrected chi connectivity index (χ4v) is 3.20. The Balaban J connectivity index is 2.07. The lowest BCUT2D eigenvalue weighted by Crippen LogP contribution is -2.27. The van der Waals surface area contributed by atoms with Crippen LogP contribution < -0.4 is 10.0 Å². The standard InChI is InChI=1S/C15H17N3O2S/c1-2-9-16-10-5-12-18-21(19,20)14-8-3-6-13-7-4-11-17-15(13)14/h1,3-4,6-8,11,16,18H,5,9-10,12H2. The number of rotatable bonds is 7. The summed E-state index contributed by atoms with van der Waals surface area (Å²) in [5.74, 6) is 2.46. The van der Waals surface area contributed by atoms with Gasteiger partial charge in [0.2, 0.25) is 10.0 Å². The molecule has 0 bridgehead atoms. The highest BCUT2D eigenvalue weighted by Gasteiger charge is 2.17. The Morgan fingerprint density at radius 1 is 1.19 bits per heavy atom. The minimum atomic E-state index is -3.56. The minimum absolute atomic E-state index is 0.206. The molecule has 2 N–H and O–H groups in total. The molecule has 0 saturated heterocycles. The summed E-state index contributed by atoms with van der Waals surface area (Å²) in [5, 5.41) is 3.81. The number of para-hydroxylation sites is 1. The number of pyridine rings is 1. The van der Waals surface area contributed by atoms with Crippen molar-refractivity contribution in [1.82, 2.24) is 15.0 Å². The molecular formula is C15H17N3O2S. The van der Waals surface area contributed by atoms with Gasteiger partial charge in [-0.2, -0.15) is 0 Å². The van der Waals surface area contributed by atoms with Crippen molar-refractivity contribution in [3.8, 4) is 12.3 Å². The molecule has 0 aliphatic rings. The summed E-state index contributed by atoms with van der Waals surface area (Å²) >= 11 is 0. The third-order valence-electron chi connectivity index (χ3n) is 2.93. The number of hydrogen-bond acceptors (Lipinski definition) is 4. The van der Waals surface area contributed by atoms with Gasteiger partial charge in [0.15, 0.2) is 0 Å². The van der Waals surface area contributed by atoms with Gasteiger partial charge in [0.05, 0.1) is 12.1 Å². The highest BCUT2D eigenvalue weighted by Crippen LogP contribution is 2.20. The van der Waals surface area contributed by atoms with E-state index in [1.54, 1.807) is 24.4 Å². The molecule has 1 aromatic carbocycles. The molecule has 1 aromatic heterocycles. The van der Waals surface area contributed by atoms with Crippen molar-refractivity contribution in [1.29, 1.82) is 0 Å². The van der Waals surface area contributed by atoms with Gasteiger partial charge in [0.1, 0.15) is 4.90 Å². The summed E-state index contributed by atoms with van der Waals surface area (Å²) < 4.78 is 27.2. The first-order chi connectivity index (χ1) is 10.1. The average molecular weight is 303 g/mol. The Labute approximate surface area is 124 Å². The number of fused-ring (bicyclic) bond motifs is 1. The van der Waals surface area contributed by atoms with Crippen LogP contribution in [0, 0.1) is 12.3 Å². The van der Waals surface area contributed by atoms with Gasteiger partial charge in [-0.15, -0.1) is 6.42 Å². The summed E-state index contributed by atoms with van der Waals surface area (Å²) in [5.41, 5.74) is 0.484. The van der Waals surface area contributed by atoms with Gasteiger partial charge in [-0.05, 0) is 25.1 Å². The van der Waals surface area contributed by atoms with Crippen molar-refractivity contribution >= 4 is 20.9 Å². The van der Waals surface area contributed by atoms with E-state index >= 15 is 0 Å². The fraction of sp³-hybridized carbons (Fsp3) is 0.267. The molecule has 0 spiro atoms. The van der Waals surface area contributed by atoms with Crippen LogP contribution in [0.1, 0.15) is 6.42 Å². The van der Waals surface area contributed by atoms with E-state index in [-0.39, 0.29) is 4.90 Å². The summed E-state index contributed by atoms with van der Waals surface area (Å²) in [6.45, 7) is 1.50. The topological polar surface area (TPSA) is 71.1 Å². The van der Waals surface area contributed by atoms with E-state index in [0.29, 0.717) is 31.6 Å². The molecule has 0 radical (unpaired) electrons. The Hall–Kier alpha value is -1.94. The van der Waals surface area contributed by atoms with Crippen LogP contribution in [0.2, 0.25) is 0 Å². The second kappa shape index (κ2) is 7.18. The first-order valence-corrected chi connectivity index (χ1v) is 8.11. The van der Waals surface area contributed by atoms with Crippen LogP contribution in [0.3, 0.4) is 0 Å². The molecule has 2 rings (SSSR count). The fourth-order valence-electron chi connectivity index (χ4n) is 1.95. The summed E-state index contributed by atoms with van der Waals surface area (Å²) in [4.78, 5) is 4.37. The zero-order valence-corrected chi connectivity index (χ0v) is 12.4. The van der Waals surface area contributed by atoms with Crippen LogP contribution in [0.4, 0.5) is 0 Å². The Bertz CT molecular complexity index is 746. The first-order valence-electron chi connectivity index (χ1n) is 6.63. The monoisotopic (exact) mass is 303 g/mol. The van der Waals surface area contributed by atoms with Gasteiger partial charge in [0, 0.05) is 18.1 Å². The third kappa shape index (κ3) is 4.02. The number of benzene rings is 1. The van der Waals surface area contributed by atoms with Crippen molar-refractivity contribution in [3.63, 3.8) is 0 Å². The Kier molecular flexibility index (Phi) is 5.28. The number of nitrogens with one attached hydrogen (secondary N) is 2. The van der Waals surface area contributed by atoms with E-state index in [2.05, 4.69) is 20.9 Å². The summed E-state index contributed by atoms with van der Waals surface area (Å²) in [6.07, 6.45) is 7.36. The molecule has 0 aliphatic carbocycles. The van der Waals surface area contributed by atoms with Gasteiger partial charge in [-0.1, -0.05) is 24.1 Å². The lowest BCUT2D eigenvalue weighted by atomic mass is 10.2. The maximum absolute atomic E-state index is 12.3. The Morgan fingerprint density at radius 3 is 2.81 bits per heavy atom. The number of aromatic nitrogens is 1. The van der Waals surface area contributed by atoms with Gasteiger partial charge >= 0.3 is 0 Å². The van der Waals surface area contributed by atoms with Crippen LogP contribution in [0.15, 0.2) is 41.4 Å². The molecule has 0 unspecified atom stereocenters. The third-order valence-corrected chi connectivity index (χ3v) is 4.43. The van der Waals surface area contributed by atoms with E-state index < -0.39 is 10.0 Å². The van der Waals surface area contributed by atoms with Crippen LogP contribution in [-0.4, -0.2) is 33.0 Å². The largest absolute Gasteiger partial charge is 0.306 e. The van der Waals surface area contributed by atoms with E-state index in [1.165, 1.54) is 0 Å². The maximum Gasteiger partial charge on any atom is 0.242 e. The molecule has 2 aromatic rings. The average Bonchev–Trinajstić information content (AvgIpc) is 2.50. The predicted molar refractivity (Wildman–Crippen MR) is 83.3 cm³/mol. The summed E-state index contributed by atoms with van der Waals surface area (Å²) in [7, 11) is -3.56. The molecule has 0 fully saturated rings. The molecule has 5 nitrogen and oxygen atoms in total. The molecular weight excluding hydrogens is 286 g/mol. The summed E-state index contributed by atoms with van der Waals surface area (Å²) in [6, 6.07) is 8.74. The van der Waals surface area contributed by atoms with Gasteiger partial charge in [0.25, 0.3) is 0 Å². The van der Waals surface area contributed by atoms with Crippen molar-refractivity contribution in [2.75, 3.05) is 19.6 Å². The van der Waals surface area contributed by atoms with Crippen LogP contribution >= 0.6 is 0 Å². The molecule has 1 heterocycles.